The summed E-state index contributed by atoms with van der Waals surface area (Å²) in [4.78, 5) is 2.56. The molecule has 18 heavy (non-hydrogen) atoms. The molecular weight excluding hydrogens is 218 g/mol. The summed E-state index contributed by atoms with van der Waals surface area (Å²) in [6.07, 6.45) is 13.0. The third-order valence-corrected chi connectivity index (χ3v) is 3.50. The van der Waals surface area contributed by atoms with Crippen LogP contribution in [0.1, 0.15) is 31.7 Å². The lowest BCUT2D eigenvalue weighted by molar-refractivity contribution is 0.227. The number of benzene rings is 1. The van der Waals surface area contributed by atoms with Crippen molar-refractivity contribution in [3.8, 4) is 0 Å². The van der Waals surface area contributed by atoms with E-state index in [1.165, 1.54) is 24.8 Å². The van der Waals surface area contributed by atoms with E-state index in [1.807, 2.05) is 0 Å². The molecule has 2 rings (SSSR count). The van der Waals surface area contributed by atoms with Crippen LogP contribution >= 0.6 is 0 Å². The molecule has 0 fully saturated rings. The summed E-state index contributed by atoms with van der Waals surface area (Å²) in [5.74, 6) is 0. The second-order valence-electron chi connectivity index (χ2n) is 4.91. The maximum absolute atomic E-state index is 2.56. The predicted octanol–water partition coefficient (Wildman–Crippen LogP) is 4.17. The van der Waals surface area contributed by atoms with Gasteiger partial charge < -0.3 is 0 Å². The molecule has 0 saturated carbocycles. The average molecular weight is 241 g/mol. The summed E-state index contributed by atoms with van der Waals surface area (Å²) >= 11 is 0. The van der Waals surface area contributed by atoms with Crippen LogP contribution in [-0.4, -0.2) is 17.5 Å². The lowest BCUT2D eigenvalue weighted by atomic mass is 10.0. The van der Waals surface area contributed by atoms with Crippen molar-refractivity contribution in [2.24, 2.45) is 0 Å². The van der Waals surface area contributed by atoms with E-state index in [4.69, 9.17) is 0 Å². The molecule has 0 spiro atoms. The van der Waals surface area contributed by atoms with Gasteiger partial charge in [-0.15, -0.1) is 0 Å². The maximum Gasteiger partial charge on any atom is 0.0285 e. The summed E-state index contributed by atoms with van der Waals surface area (Å²) in [5.41, 5.74) is 1.40. The van der Waals surface area contributed by atoms with Gasteiger partial charge in [-0.05, 0) is 31.7 Å². The standard InChI is InChI=1S/C17H23N/c1-2-3-14-18(17-12-8-5-9-13-17)15-16-10-6-4-7-11-16/h2-4,6-8,10-12,17H,5,9,13-15H2,1H3/b3-2+. The van der Waals surface area contributed by atoms with Crippen molar-refractivity contribution >= 4 is 0 Å². The van der Waals surface area contributed by atoms with Crippen molar-refractivity contribution < 1.29 is 0 Å². The van der Waals surface area contributed by atoms with Crippen LogP contribution in [0.5, 0.6) is 0 Å². The van der Waals surface area contributed by atoms with Crippen LogP contribution in [0.3, 0.4) is 0 Å². The summed E-state index contributed by atoms with van der Waals surface area (Å²) in [7, 11) is 0. The molecule has 1 aromatic carbocycles. The Labute approximate surface area is 111 Å². The van der Waals surface area contributed by atoms with Crippen LogP contribution in [-0.2, 0) is 6.54 Å². The number of allylic oxidation sites excluding steroid dienone is 2. The van der Waals surface area contributed by atoms with E-state index in [-0.39, 0.29) is 0 Å². The summed E-state index contributed by atoms with van der Waals surface area (Å²) in [6.45, 7) is 4.18. The highest BCUT2D eigenvalue weighted by molar-refractivity contribution is 5.15. The van der Waals surface area contributed by atoms with Crippen molar-refractivity contribution in [2.75, 3.05) is 6.54 Å². The fourth-order valence-electron chi connectivity index (χ4n) is 2.47. The van der Waals surface area contributed by atoms with Gasteiger partial charge in [0.1, 0.15) is 0 Å². The molecule has 1 aliphatic carbocycles. The molecule has 1 atom stereocenters. The molecule has 96 valence electrons. The zero-order valence-corrected chi connectivity index (χ0v) is 11.3. The second kappa shape index (κ2) is 7.17. The van der Waals surface area contributed by atoms with E-state index in [0.717, 1.165) is 13.1 Å². The third-order valence-electron chi connectivity index (χ3n) is 3.50. The van der Waals surface area contributed by atoms with Gasteiger partial charge in [-0.2, -0.15) is 0 Å². The first-order valence-corrected chi connectivity index (χ1v) is 6.96. The highest BCUT2D eigenvalue weighted by atomic mass is 15.1. The highest BCUT2D eigenvalue weighted by Gasteiger charge is 2.16. The molecule has 0 aliphatic heterocycles. The first-order valence-electron chi connectivity index (χ1n) is 6.96. The molecule has 0 saturated heterocycles. The van der Waals surface area contributed by atoms with Crippen LogP contribution in [0, 0.1) is 0 Å². The molecule has 1 aliphatic rings. The van der Waals surface area contributed by atoms with E-state index in [0.29, 0.717) is 6.04 Å². The topological polar surface area (TPSA) is 3.24 Å². The highest BCUT2D eigenvalue weighted by Crippen LogP contribution is 2.18. The molecule has 0 aromatic heterocycles. The molecule has 0 N–H and O–H groups in total. The van der Waals surface area contributed by atoms with Crippen LogP contribution in [0.4, 0.5) is 0 Å². The second-order valence-corrected chi connectivity index (χ2v) is 4.91. The quantitative estimate of drug-likeness (QED) is 0.699. The van der Waals surface area contributed by atoms with Crippen LogP contribution in [0.2, 0.25) is 0 Å². The molecule has 0 radical (unpaired) electrons. The van der Waals surface area contributed by atoms with Gasteiger partial charge in [0.2, 0.25) is 0 Å². The number of hydrogen-bond acceptors (Lipinski definition) is 1. The largest absolute Gasteiger partial charge is 0.289 e. The lowest BCUT2D eigenvalue weighted by Gasteiger charge is -2.30. The monoisotopic (exact) mass is 241 g/mol. The van der Waals surface area contributed by atoms with Crippen molar-refractivity contribution in [3.63, 3.8) is 0 Å². The van der Waals surface area contributed by atoms with Crippen molar-refractivity contribution in [1.29, 1.82) is 0 Å². The molecule has 1 heteroatoms. The summed E-state index contributed by atoms with van der Waals surface area (Å²) in [6, 6.07) is 11.4. The Kier molecular flexibility index (Phi) is 5.22. The molecule has 1 aromatic rings. The van der Waals surface area contributed by atoms with Gasteiger partial charge in [-0.1, -0.05) is 54.6 Å². The third kappa shape index (κ3) is 3.85. The van der Waals surface area contributed by atoms with Gasteiger partial charge in [0.15, 0.2) is 0 Å². The number of rotatable bonds is 5. The molecule has 0 amide bonds. The van der Waals surface area contributed by atoms with Gasteiger partial charge in [0.25, 0.3) is 0 Å². The minimum Gasteiger partial charge on any atom is -0.289 e. The lowest BCUT2D eigenvalue weighted by Crippen LogP contribution is -2.34. The van der Waals surface area contributed by atoms with Gasteiger partial charge in [0, 0.05) is 19.1 Å². The van der Waals surface area contributed by atoms with Gasteiger partial charge >= 0.3 is 0 Å². The van der Waals surface area contributed by atoms with Crippen LogP contribution in [0.15, 0.2) is 54.6 Å². The fourth-order valence-corrected chi connectivity index (χ4v) is 2.47. The predicted molar refractivity (Wildman–Crippen MR) is 78.4 cm³/mol. The summed E-state index contributed by atoms with van der Waals surface area (Å²) < 4.78 is 0. The first kappa shape index (κ1) is 13.1. The number of hydrogen-bond donors (Lipinski definition) is 0. The van der Waals surface area contributed by atoms with Crippen molar-refractivity contribution in [3.05, 3.63) is 60.2 Å². The van der Waals surface area contributed by atoms with Gasteiger partial charge in [-0.3, -0.25) is 4.90 Å². The fraction of sp³-hybridized carbons (Fsp3) is 0.412. The van der Waals surface area contributed by atoms with Crippen molar-refractivity contribution in [1.82, 2.24) is 4.90 Å². The Balaban J connectivity index is 2.04. The van der Waals surface area contributed by atoms with E-state index < -0.39 is 0 Å². The zero-order chi connectivity index (χ0) is 12.6. The zero-order valence-electron chi connectivity index (χ0n) is 11.3. The molecular formula is C17H23N. The molecule has 0 heterocycles. The van der Waals surface area contributed by atoms with Gasteiger partial charge in [0.05, 0.1) is 0 Å². The first-order chi connectivity index (χ1) is 8.90. The Morgan fingerprint density at radius 3 is 2.78 bits per heavy atom. The maximum atomic E-state index is 2.56. The van der Waals surface area contributed by atoms with E-state index in [9.17, 15) is 0 Å². The molecule has 1 unspecified atom stereocenters. The minimum absolute atomic E-state index is 0.607. The summed E-state index contributed by atoms with van der Waals surface area (Å²) in [5, 5.41) is 0. The normalized spacial score (nSPS) is 19.8. The smallest absolute Gasteiger partial charge is 0.0285 e. The minimum atomic E-state index is 0.607. The SMILES string of the molecule is C/C=C/CN(Cc1ccccc1)C1C=CCCC1. The van der Waals surface area contributed by atoms with Crippen molar-refractivity contribution in [2.45, 2.75) is 38.8 Å². The molecule has 1 nitrogen and oxygen atoms in total. The Morgan fingerprint density at radius 1 is 1.28 bits per heavy atom. The van der Waals surface area contributed by atoms with Crippen LogP contribution < -0.4 is 0 Å². The van der Waals surface area contributed by atoms with Crippen LogP contribution in [0.25, 0.3) is 0 Å². The van der Waals surface area contributed by atoms with E-state index >= 15 is 0 Å². The van der Waals surface area contributed by atoms with Gasteiger partial charge in [-0.25, -0.2) is 0 Å². The Hall–Kier alpha value is -1.34. The Bertz CT molecular complexity index is 391. The van der Waals surface area contributed by atoms with E-state index in [2.05, 4.69) is 66.5 Å². The van der Waals surface area contributed by atoms with E-state index in [1.54, 1.807) is 0 Å². The Morgan fingerprint density at radius 2 is 2.11 bits per heavy atom. The average Bonchev–Trinajstić information content (AvgIpc) is 2.45. The number of nitrogens with zero attached hydrogens (tertiary/aromatic N) is 1. The molecule has 0 bridgehead atoms.